The number of hydrogen-bond donors (Lipinski definition) is 1. The number of nitrogens with zero attached hydrogens (tertiary/aromatic N) is 3. The molecule has 18 heavy (non-hydrogen) atoms. The number of nitrogens with one attached hydrogen (secondary N) is 1. The third kappa shape index (κ3) is 4.34. The molecule has 1 aromatic rings. The maximum Gasteiger partial charge on any atom is 0.208 e. The molecule has 1 aromatic heterocycles. The number of rotatable bonds is 7. The van der Waals surface area contributed by atoms with Crippen molar-refractivity contribution >= 4 is 11.8 Å². The van der Waals surface area contributed by atoms with Crippen LogP contribution >= 0.6 is 11.8 Å². The molecule has 1 aliphatic carbocycles. The molecule has 0 bridgehead atoms. The lowest BCUT2D eigenvalue weighted by atomic mass is 10.0. The molecule has 0 unspecified atom stereocenters. The first kappa shape index (κ1) is 13.4. The number of aromatic nitrogens is 3. The van der Waals surface area contributed by atoms with Crippen molar-refractivity contribution in [2.24, 2.45) is 5.92 Å². The molecule has 1 heterocycles. The standard InChI is InChI=1S/C13H20N4S/c14-9-3-4-10-18-13-15-12(16-17-13)8-7-11-5-1-2-6-11/h11H,1-8,10H2,(H,15,16,17). The molecule has 4 nitrogen and oxygen atoms in total. The van der Waals surface area contributed by atoms with E-state index in [0.717, 1.165) is 35.5 Å². The highest BCUT2D eigenvalue weighted by molar-refractivity contribution is 7.99. The fourth-order valence-corrected chi connectivity index (χ4v) is 3.16. The number of H-pyrrole nitrogens is 1. The highest BCUT2D eigenvalue weighted by Crippen LogP contribution is 2.28. The van der Waals surface area contributed by atoms with Crippen LogP contribution in [0.2, 0.25) is 0 Å². The molecule has 1 fully saturated rings. The normalized spacial score (nSPS) is 15.9. The van der Waals surface area contributed by atoms with Crippen LogP contribution in [0.15, 0.2) is 5.16 Å². The molecule has 1 N–H and O–H groups in total. The average Bonchev–Trinajstić information content (AvgIpc) is 3.03. The first-order valence-corrected chi connectivity index (χ1v) is 7.78. The highest BCUT2D eigenvalue weighted by atomic mass is 32.2. The summed E-state index contributed by atoms with van der Waals surface area (Å²) in [6.45, 7) is 0. The van der Waals surface area contributed by atoms with E-state index in [9.17, 15) is 0 Å². The topological polar surface area (TPSA) is 65.4 Å². The van der Waals surface area contributed by atoms with Crippen molar-refractivity contribution in [3.05, 3.63) is 5.82 Å². The SMILES string of the molecule is N#CCCCSc1n[nH]c(CCC2CCCC2)n1. The van der Waals surface area contributed by atoms with E-state index in [1.807, 2.05) is 0 Å². The van der Waals surface area contributed by atoms with Crippen LogP contribution in [0.25, 0.3) is 0 Å². The zero-order valence-electron chi connectivity index (χ0n) is 10.7. The lowest BCUT2D eigenvalue weighted by Gasteiger charge is -2.05. The molecule has 0 aromatic carbocycles. The minimum Gasteiger partial charge on any atom is -0.262 e. The van der Waals surface area contributed by atoms with Gasteiger partial charge in [0, 0.05) is 18.6 Å². The number of hydrogen-bond acceptors (Lipinski definition) is 4. The van der Waals surface area contributed by atoms with E-state index >= 15 is 0 Å². The maximum atomic E-state index is 8.44. The van der Waals surface area contributed by atoms with Crippen LogP contribution < -0.4 is 0 Å². The molecular weight excluding hydrogens is 244 g/mol. The highest BCUT2D eigenvalue weighted by Gasteiger charge is 2.15. The molecule has 0 spiro atoms. The van der Waals surface area contributed by atoms with Gasteiger partial charge in [0.15, 0.2) is 0 Å². The van der Waals surface area contributed by atoms with Gasteiger partial charge < -0.3 is 0 Å². The van der Waals surface area contributed by atoms with E-state index in [2.05, 4.69) is 21.3 Å². The smallest absolute Gasteiger partial charge is 0.208 e. The Kier molecular flexibility index (Phi) is 5.53. The van der Waals surface area contributed by atoms with E-state index in [0.29, 0.717) is 6.42 Å². The first-order valence-electron chi connectivity index (χ1n) is 6.79. The predicted molar refractivity (Wildman–Crippen MR) is 72.2 cm³/mol. The Morgan fingerprint density at radius 2 is 2.22 bits per heavy atom. The van der Waals surface area contributed by atoms with E-state index in [-0.39, 0.29) is 0 Å². The van der Waals surface area contributed by atoms with Crippen LogP contribution in [0, 0.1) is 17.2 Å². The second kappa shape index (κ2) is 7.42. The zero-order chi connectivity index (χ0) is 12.6. The van der Waals surface area contributed by atoms with Gasteiger partial charge in [-0.3, -0.25) is 5.10 Å². The zero-order valence-corrected chi connectivity index (χ0v) is 11.5. The molecule has 98 valence electrons. The summed E-state index contributed by atoms with van der Waals surface area (Å²) in [6, 6.07) is 2.15. The molecule has 0 atom stereocenters. The van der Waals surface area contributed by atoms with Gasteiger partial charge in [0.05, 0.1) is 6.07 Å². The lowest BCUT2D eigenvalue weighted by Crippen LogP contribution is -1.97. The second-order valence-corrected chi connectivity index (χ2v) is 5.93. The lowest BCUT2D eigenvalue weighted by molar-refractivity contribution is 0.497. The minimum absolute atomic E-state index is 0.617. The Bertz CT molecular complexity index is 390. The summed E-state index contributed by atoms with van der Waals surface area (Å²) < 4.78 is 0. The van der Waals surface area contributed by atoms with Gasteiger partial charge in [0.1, 0.15) is 5.82 Å². The Balaban J connectivity index is 1.67. The van der Waals surface area contributed by atoms with E-state index in [1.165, 1.54) is 32.1 Å². The third-order valence-electron chi connectivity index (χ3n) is 3.44. The molecule has 5 heteroatoms. The Morgan fingerprint density at radius 3 is 3.00 bits per heavy atom. The summed E-state index contributed by atoms with van der Waals surface area (Å²) in [5.41, 5.74) is 0. The first-order chi connectivity index (χ1) is 8.88. The summed E-state index contributed by atoms with van der Waals surface area (Å²) in [4.78, 5) is 4.48. The van der Waals surface area contributed by atoms with Crippen molar-refractivity contribution < 1.29 is 0 Å². The van der Waals surface area contributed by atoms with Crippen LogP contribution in [-0.4, -0.2) is 20.9 Å². The number of aryl methyl sites for hydroxylation is 1. The summed E-state index contributed by atoms with van der Waals surface area (Å²) in [6.07, 6.45) is 9.39. The summed E-state index contributed by atoms with van der Waals surface area (Å²) in [5, 5.41) is 16.5. The van der Waals surface area contributed by atoms with Gasteiger partial charge in [0.25, 0.3) is 0 Å². The molecular formula is C13H20N4S. The predicted octanol–water partition coefficient (Wildman–Crippen LogP) is 3.32. The monoisotopic (exact) mass is 264 g/mol. The van der Waals surface area contributed by atoms with Crippen LogP contribution in [-0.2, 0) is 6.42 Å². The second-order valence-electron chi connectivity index (χ2n) is 4.86. The summed E-state index contributed by atoms with van der Waals surface area (Å²) in [7, 11) is 0. The molecule has 1 aliphatic rings. The Morgan fingerprint density at radius 1 is 1.39 bits per heavy atom. The fraction of sp³-hybridized carbons (Fsp3) is 0.769. The van der Waals surface area contributed by atoms with Gasteiger partial charge in [-0.25, -0.2) is 4.98 Å². The largest absolute Gasteiger partial charge is 0.262 e. The molecule has 1 saturated carbocycles. The Hall–Kier alpha value is -1.02. The van der Waals surface area contributed by atoms with Crippen LogP contribution in [0.5, 0.6) is 0 Å². The van der Waals surface area contributed by atoms with Crippen LogP contribution in [0.1, 0.15) is 50.8 Å². The minimum atomic E-state index is 0.617. The van der Waals surface area contributed by atoms with E-state index in [1.54, 1.807) is 11.8 Å². The number of thioether (sulfide) groups is 1. The van der Waals surface area contributed by atoms with Crippen molar-refractivity contribution in [1.82, 2.24) is 15.2 Å². The molecule has 0 aliphatic heterocycles. The van der Waals surface area contributed by atoms with Gasteiger partial charge in [-0.15, -0.1) is 5.10 Å². The molecule has 0 saturated heterocycles. The van der Waals surface area contributed by atoms with Crippen molar-refractivity contribution in [2.75, 3.05) is 5.75 Å². The van der Waals surface area contributed by atoms with Crippen molar-refractivity contribution in [1.29, 1.82) is 5.26 Å². The average molecular weight is 264 g/mol. The molecule has 0 amide bonds. The maximum absolute atomic E-state index is 8.44. The third-order valence-corrected chi connectivity index (χ3v) is 4.37. The van der Waals surface area contributed by atoms with Gasteiger partial charge in [-0.2, -0.15) is 5.26 Å². The van der Waals surface area contributed by atoms with Crippen molar-refractivity contribution in [3.63, 3.8) is 0 Å². The fourth-order valence-electron chi connectivity index (χ4n) is 2.41. The summed E-state index contributed by atoms with van der Waals surface area (Å²) >= 11 is 1.63. The molecule has 0 radical (unpaired) electrons. The number of nitriles is 1. The van der Waals surface area contributed by atoms with Crippen molar-refractivity contribution in [2.45, 2.75) is 56.5 Å². The number of unbranched alkanes of at least 4 members (excludes halogenated alkanes) is 1. The van der Waals surface area contributed by atoms with Gasteiger partial charge >= 0.3 is 0 Å². The quantitative estimate of drug-likeness (QED) is 0.606. The van der Waals surface area contributed by atoms with Gasteiger partial charge in [-0.05, 0) is 18.8 Å². The molecule has 2 rings (SSSR count). The van der Waals surface area contributed by atoms with E-state index < -0.39 is 0 Å². The van der Waals surface area contributed by atoms with Crippen molar-refractivity contribution in [3.8, 4) is 6.07 Å². The van der Waals surface area contributed by atoms with E-state index in [4.69, 9.17) is 5.26 Å². The number of aromatic amines is 1. The van der Waals surface area contributed by atoms with Gasteiger partial charge in [0.2, 0.25) is 5.16 Å². The summed E-state index contributed by atoms with van der Waals surface area (Å²) in [5.74, 6) is 2.85. The Labute approximate surface area is 113 Å². The van der Waals surface area contributed by atoms with Crippen LogP contribution in [0.4, 0.5) is 0 Å². The van der Waals surface area contributed by atoms with Gasteiger partial charge in [-0.1, -0.05) is 37.4 Å². The van der Waals surface area contributed by atoms with Crippen LogP contribution in [0.3, 0.4) is 0 Å².